The zero-order chi connectivity index (χ0) is 21.3. The van der Waals surface area contributed by atoms with Crippen molar-refractivity contribution in [2.24, 2.45) is 5.41 Å². The van der Waals surface area contributed by atoms with Gasteiger partial charge in [0.25, 0.3) is 5.91 Å². The van der Waals surface area contributed by atoms with Crippen molar-refractivity contribution >= 4 is 28.5 Å². The van der Waals surface area contributed by atoms with E-state index in [4.69, 9.17) is 11.6 Å². The molecular formula is C24H27ClN4O. The largest absolute Gasteiger partial charge is 0.330 e. The summed E-state index contributed by atoms with van der Waals surface area (Å²) in [7, 11) is 0. The Labute approximate surface area is 182 Å². The molecule has 2 aromatic carbocycles. The van der Waals surface area contributed by atoms with E-state index in [-0.39, 0.29) is 17.5 Å². The van der Waals surface area contributed by atoms with Crippen molar-refractivity contribution in [3.05, 3.63) is 70.3 Å². The summed E-state index contributed by atoms with van der Waals surface area (Å²) in [4.78, 5) is 13.1. The monoisotopic (exact) mass is 422 g/mol. The molecule has 1 unspecified atom stereocenters. The van der Waals surface area contributed by atoms with Crippen molar-refractivity contribution in [2.45, 2.75) is 52.6 Å². The number of benzene rings is 2. The lowest BCUT2D eigenvalue weighted by molar-refractivity contribution is 0.0913. The van der Waals surface area contributed by atoms with E-state index in [1.807, 2.05) is 28.9 Å². The summed E-state index contributed by atoms with van der Waals surface area (Å²) in [5.74, 6) is -0.150. The summed E-state index contributed by atoms with van der Waals surface area (Å²) in [6.45, 7) is 6.80. The first-order valence-corrected chi connectivity index (χ1v) is 10.8. The van der Waals surface area contributed by atoms with Gasteiger partial charge in [-0.3, -0.25) is 4.79 Å². The van der Waals surface area contributed by atoms with Crippen LogP contribution in [-0.2, 0) is 0 Å². The van der Waals surface area contributed by atoms with E-state index in [1.165, 1.54) is 17.6 Å². The van der Waals surface area contributed by atoms with Gasteiger partial charge in [-0.05, 0) is 68.0 Å². The molecule has 0 aliphatic heterocycles. The number of fused-ring (bicyclic) bond motifs is 1. The van der Waals surface area contributed by atoms with E-state index in [2.05, 4.69) is 36.4 Å². The van der Waals surface area contributed by atoms with Crippen molar-refractivity contribution in [3.63, 3.8) is 0 Å². The maximum atomic E-state index is 13.1. The average Bonchev–Trinajstić information content (AvgIpc) is 3.14. The van der Waals surface area contributed by atoms with Crippen LogP contribution in [0.25, 0.3) is 11.0 Å². The minimum atomic E-state index is -0.331. The lowest BCUT2D eigenvalue weighted by atomic mass is 9.71. The van der Waals surface area contributed by atoms with E-state index in [0.717, 1.165) is 23.9 Å². The van der Waals surface area contributed by atoms with Crippen LogP contribution in [0.4, 0.5) is 0 Å². The van der Waals surface area contributed by atoms with E-state index < -0.39 is 0 Å². The van der Waals surface area contributed by atoms with Crippen LogP contribution >= 0.6 is 11.6 Å². The maximum absolute atomic E-state index is 13.1. The number of nitrogens with one attached hydrogen (secondary N) is 1. The van der Waals surface area contributed by atoms with Crippen molar-refractivity contribution in [1.29, 1.82) is 0 Å². The Morgan fingerprint density at radius 3 is 2.67 bits per heavy atom. The van der Waals surface area contributed by atoms with Crippen LogP contribution in [0.3, 0.4) is 0 Å². The highest BCUT2D eigenvalue weighted by Crippen LogP contribution is 2.43. The van der Waals surface area contributed by atoms with Gasteiger partial charge in [-0.1, -0.05) is 53.9 Å². The second kappa shape index (κ2) is 8.23. The molecule has 0 saturated heterocycles. The summed E-state index contributed by atoms with van der Waals surface area (Å²) >= 11 is 5.98. The molecular weight excluding hydrogens is 396 g/mol. The quantitative estimate of drug-likeness (QED) is 0.518. The number of carbonyl (C=O) groups excluding carboxylic acids is 1. The van der Waals surface area contributed by atoms with Gasteiger partial charge in [0.15, 0.2) is 0 Å². The summed E-state index contributed by atoms with van der Waals surface area (Å²) in [5.41, 5.74) is 5.21. The zero-order valence-electron chi connectivity index (χ0n) is 17.7. The number of hydrogen-bond donors (Lipinski definition) is 1. The molecule has 0 spiro atoms. The van der Waals surface area contributed by atoms with Crippen molar-refractivity contribution < 1.29 is 4.79 Å². The molecule has 0 saturated carbocycles. The Hall–Kier alpha value is -2.66. The van der Waals surface area contributed by atoms with Crippen LogP contribution in [0.1, 0.15) is 63.0 Å². The summed E-state index contributed by atoms with van der Waals surface area (Å²) < 4.78 is 1.84. The Bertz CT molecular complexity index is 1100. The van der Waals surface area contributed by atoms with Crippen molar-refractivity contribution in [3.8, 4) is 0 Å². The molecule has 156 valence electrons. The lowest BCUT2D eigenvalue weighted by Crippen LogP contribution is -2.35. The fourth-order valence-corrected chi connectivity index (χ4v) is 4.60. The molecule has 0 fully saturated rings. The Balaban J connectivity index is 1.71. The lowest BCUT2D eigenvalue weighted by Gasteiger charge is -2.36. The molecule has 1 aliphatic carbocycles. The SMILES string of the molecule is CC1=C(CC(NC(=O)c2ccc(Cl)cc2)n2nnc3ccccc32)C(C)(C)CCC1. The second-order valence-corrected chi connectivity index (χ2v) is 9.16. The molecule has 0 bridgehead atoms. The number of amides is 1. The topological polar surface area (TPSA) is 59.8 Å². The number of nitrogens with zero attached hydrogens (tertiary/aromatic N) is 3. The highest BCUT2D eigenvalue weighted by atomic mass is 35.5. The Morgan fingerprint density at radius 1 is 1.20 bits per heavy atom. The van der Waals surface area contributed by atoms with Gasteiger partial charge < -0.3 is 5.32 Å². The molecule has 1 amide bonds. The Kier molecular flexibility index (Phi) is 5.65. The first-order valence-electron chi connectivity index (χ1n) is 10.4. The van der Waals surface area contributed by atoms with E-state index in [9.17, 15) is 4.79 Å². The second-order valence-electron chi connectivity index (χ2n) is 8.72. The zero-order valence-corrected chi connectivity index (χ0v) is 18.4. The molecule has 30 heavy (non-hydrogen) atoms. The molecule has 4 rings (SSSR count). The fourth-order valence-electron chi connectivity index (χ4n) is 4.47. The van der Waals surface area contributed by atoms with Crippen LogP contribution in [0, 0.1) is 5.41 Å². The smallest absolute Gasteiger partial charge is 0.252 e. The van der Waals surface area contributed by atoms with Crippen LogP contribution in [-0.4, -0.2) is 20.9 Å². The van der Waals surface area contributed by atoms with Gasteiger partial charge in [-0.2, -0.15) is 0 Å². The number of aromatic nitrogens is 3. The number of carbonyl (C=O) groups is 1. The van der Waals surface area contributed by atoms with Crippen LogP contribution in [0.15, 0.2) is 59.7 Å². The maximum Gasteiger partial charge on any atom is 0.252 e. The first kappa shape index (κ1) is 20.6. The Morgan fingerprint density at radius 2 is 1.93 bits per heavy atom. The number of allylic oxidation sites excluding steroid dienone is 1. The predicted octanol–water partition coefficient (Wildman–Crippen LogP) is 5.93. The third kappa shape index (κ3) is 4.12. The average molecular weight is 423 g/mol. The summed E-state index contributed by atoms with van der Waals surface area (Å²) in [6.07, 6.45) is 3.83. The van der Waals surface area contributed by atoms with Gasteiger partial charge in [0.05, 0.1) is 5.52 Å². The minimum absolute atomic E-state index is 0.0992. The van der Waals surface area contributed by atoms with E-state index in [0.29, 0.717) is 17.0 Å². The van der Waals surface area contributed by atoms with Gasteiger partial charge in [-0.15, -0.1) is 5.10 Å². The van der Waals surface area contributed by atoms with Gasteiger partial charge in [0.1, 0.15) is 11.7 Å². The number of rotatable bonds is 5. The molecule has 5 nitrogen and oxygen atoms in total. The van der Waals surface area contributed by atoms with Crippen LogP contribution in [0.5, 0.6) is 0 Å². The molecule has 3 aromatic rings. The molecule has 1 heterocycles. The normalized spacial score (nSPS) is 17.2. The van der Waals surface area contributed by atoms with Gasteiger partial charge in [-0.25, -0.2) is 4.68 Å². The van der Waals surface area contributed by atoms with E-state index in [1.54, 1.807) is 24.3 Å². The molecule has 1 aliphatic rings. The first-order chi connectivity index (χ1) is 14.3. The summed E-state index contributed by atoms with van der Waals surface area (Å²) in [5, 5.41) is 12.5. The number of para-hydroxylation sites is 1. The van der Waals surface area contributed by atoms with Crippen LogP contribution in [0.2, 0.25) is 5.02 Å². The molecule has 0 radical (unpaired) electrons. The molecule has 6 heteroatoms. The number of halogens is 1. The van der Waals surface area contributed by atoms with Crippen LogP contribution < -0.4 is 5.32 Å². The molecule has 1 atom stereocenters. The summed E-state index contributed by atoms with van der Waals surface area (Å²) in [6, 6.07) is 14.8. The third-order valence-corrected chi connectivity index (χ3v) is 6.41. The highest BCUT2D eigenvalue weighted by Gasteiger charge is 2.32. The molecule has 1 N–H and O–H groups in total. The van der Waals surface area contributed by atoms with Gasteiger partial charge in [0, 0.05) is 17.0 Å². The van der Waals surface area contributed by atoms with E-state index >= 15 is 0 Å². The molecule has 1 aromatic heterocycles. The predicted molar refractivity (Wildman–Crippen MR) is 120 cm³/mol. The fraction of sp³-hybridized carbons (Fsp3) is 0.375. The number of hydrogen-bond acceptors (Lipinski definition) is 3. The standard InChI is InChI=1S/C24H27ClN4O/c1-16-7-6-14-24(2,3)19(16)15-22(26-23(30)17-10-12-18(25)13-11-17)29-21-9-5-4-8-20(21)27-28-29/h4-5,8-13,22H,6-7,14-15H2,1-3H3,(H,26,30). The van der Waals surface area contributed by atoms with Gasteiger partial charge >= 0.3 is 0 Å². The highest BCUT2D eigenvalue weighted by molar-refractivity contribution is 6.30. The minimum Gasteiger partial charge on any atom is -0.330 e. The van der Waals surface area contributed by atoms with Gasteiger partial charge in [0.2, 0.25) is 0 Å². The van der Waals surface area contributed by atoms with Crippen molar-refractivity contribution in [2.75, 3.05) is 0 Å². The van der Waals surface area contributed by atoms with Crippen molar-refractivity contribution in [1.82, 2.24) is 20.3 Å². The third-order valence-electron chi connectivity index (χ3n) is 6.16.